The van der Waals surface area contributed by atoms with E-state index in [2.05, 4.69) is 10.2 Å². The van der Waals surface area contributed by atoms with Crippen molar-refractivity contribution in [2.45, 2.75) is 35.5 Å². The smallest absolute Gasteiger partial charge is 0.282 e. The molecule has 0 saturated carbocycles. The Morgan fingerprint density at radius 2 is 0.940 bits per heavy atom. The third-order valence-electron chi connectivity index (χ3n) is 9.67. The molecule has 0 aromatic heterocycles. The monoisotopic (exact) mass is 716 g/mol. The van der Waals surface area contributed by atoms with Crippen molar-refractivity contribution in [1.82, 2.24) is 0 Å². The molecule has 0 radical (unpaired) electrons. The minimum Gasteiger partial charge on any atom is -0.384 e. The van der Waals surface area contributed by atoms with Crippen molar-refractivity contribution in [3.63, 3.8) is 0 Å². The average Bonchev–Trinajstić information content (AvgIpc) is 3.05. The van der Waals surface area contributed by atoms with E-state index in [-0.39, 0.29) is 44.8 Å². The van der Waals surface area contributed by atoms with Gasteiger partial charge in [-0.25, -0.2) is 0 Å². The Bertz CT molecular complexity index is 2260. The summed E-state index contributed by atoms with van der Waals surface area (Å²) >= 11 is 0. The fourth-order valence-corrected chi connectivity index (χ4v) is 10.2. The summed E-state index contributed by atoms with van der Waals surface area (Å²) in [5, 5.41) is 47.1. The Hall–Kier alpha value is -5.10. The third kappa shape index (κ3) is 4.53. The van der Waals surface area contributed by atoms with E-state index >= 15 is 0 Å². The molecular weight excluding hydrogens is 685 g/mol. The molecule has 14 nitrogen and oxygen atoms in total. The Morgan fingerprint density at radius 3 is 1.24 bits per heavy atom. The van der Waals surface area contributed by atoms with Crippen molar-refractivity contribution >= 4 is 43.1 Å². The first-order valence-corrected chi connectivity index (χ1v) is 17.8. The highest BCUT2D eigenvalue weighted by atomic mass is 32.2. The maximum absolute atomic E-state index is 13.4. The molecule has 4 aromatic rings. The van der Waals surface area contributed by atoms with Gasteiger partial charge in [0.2, 0.25) is 0 Å². The van der Waals surface area contributed by atoms with Crippen LogP contribution in [0.15, 0.2) is 95.1 Å². The third-order valence-corrected chi connectivity index (χ3v) is 12.6. The Balaban J connectivity index is 1.55. The summed E-state index contributed by atoms with van der Waals surface area (Å²) in [6.07, 6.45) is -4.11. The molecule has 16 heteroatoms. The number of aryl methyl sites for hydroxylation is 2. The topological polar surface area (TPSA) is 274 Å². The second kappa shape index (κ2) is 11.8. The molecule has 4 aromatic carbocycles. The number of hydrogen-bond acceptors (Lipinski definition) is 12. The lowest BCUT2D eigenvalue weighted by atomic mass is 9.72. The van der Waals surface area contributed by atoms with Crippen molar-refractivity contribution in [2.24, 2.45) is 21.9 Å². The first kappa shape index (κ1) is 34.8. The number of hydrazone groups is 2. The van der Waals surface area contributed by atoms with E-state index in [1.54, 1.807) is 50.2 Å². The molecule has 4 atom stereocenters. The molecule has 2 aliphatic rings. The van der Waals surface area contributed by atoms with Crippen LogP contribution in [0.5, 0.6) is 0 Å². The van der Waals surface area contributed by atoms with E-state index in [4.69, 9.17) is 22.5 Å². The summed E-state index contributed by atoms with van der Waals surface area (Å²) in [6.45, 7) is 3.15. The molecule has 0 saturated heterocycles. The first-order chi connectivity index (χ1) is 23.5. The van der Waals surface area contributed by atoms with Crippen molar-refractivity contribution < 1.29 is 36.2 Å². The van der Waals surface area contributed by atoms with E-state index in [0.29, 0.717) is 22.3 Å². The van der Waals surface area contributed by atoms with Crippen LogP contribution in [0.1, 0.15) is 44.5 Å². The second-order valence-corrected chi connectivity index (χ2v) is 15.3. The summed E-state index contributed by atoms with van der Waals surface area (Å²) in [4.78, 5) is 0. The quantitative estimate of drug-likeness (QED) is 0.0848. The number of rotatable bonds is 5. The van der Waals surface area contributed by atoms with Crippen LogP contribution < -0.4 is 11.7 Å². The van der Waals surface area contributed by atoms with Crippen LogP contribution in [-0.4, -0.2) is 71.2 Å². The van der Waals surface area contributed by atoms with Crippen molar-refractivity contribution in [3.8, 4) is 11.1 Å². The zero-order valence-corrected chi connectivity index (χ0v) is 28.2. The number of benzene rings is 4. The number of nitrogens with one attached hydrogen (secondary N) is 2. The van der Waals surface area contributed by atoms with E-state index < -0.39 is 53.4 Å². The number of hydrogen-bond donors (Lipinski definition) is 8. The lowest BCUT2D eigenvalue weighted by Crippen LogP contribution is -2.57. The Morgan fingerprint density at radius 1 is 0.600 bits per heavy atom. The van der Waals surface area contributed by atoms with Crippen LogP contribution in [0.3, 0.4) is 0 Å². The van der Waals surface area contributed by atoms with Gasteiger partial charge in [0.25, 0.3) is 20.2 Å². The van der Waals surface area contributed by atoms with E-state index in [1.807, 2.05) is 0 Å². The van der Waals surface area contributed by atoms with Crippen molar-refractivity contribution in [1.29, 1.82) is 10.8 Å². The number of fused-ring (bicyclic) bond motifs is 2. The summed E-state index contributed by atoms with van der Waals surface area (Å²) in [5.41, 5.74) is 0.302. The van der Waals surface area contributed by atoms with Crippen LogP contribution >= 0.6 is 0 Å². The van der Waals surface area contributed by atoms with Gasteiger partial charge in [-0.15, -0.1) is 0 Å². The minimum atomic E-state index is -5.18. The van der Waals surface area contributed by atoms with Crippen LogP contribution in [0.2, 0.25) is 0 Å². The fraction of sp³-hybridized carbons (Fsp3) is 0.176. The van der Waals surface area contributed by atoms with Gasteiger partial charge >= 0.3 is 0 Å². The minimum absolute atomic E-state index is 0.00555. The molecule has 0 heterocycles. The maximum Gasteiger partial charge on any atom is 0.282 e. The van der Waals surface area contributed by atoms with Gasteiger partial charge in [0, 0.05) is 11.1 Å². The molecule has 10 N–H and O–H groups in total. The largest absolute Gasteiger partial charge is 0.384 e. The van der Waals surface area contributed by atoms with Crippen LogP contribution in [0.25, 0.3) is 11.1 Å². The van der Waals surface area contributed by atoms with Gasteiger partial charge in [-0.2, -0.15) is 27.0 Å². The van der Waals surface area contributed by atoms with Gasteiger partial charge in [-0.1, -0.05) is 84.9 Å². The zero-order valence-electron chi connectivity index (χ0n) is 26.5. The van der Waals surface area contributed by atoms with E-state index in [1.165, 1.54) is 48.5 Å². The molecular formula is C34H32N6O8S2. The van der Waals surface area contributed by atoms with Gasteiger partial charge in [-0.3, -0.25) is 19.9 Å². The average molecular weight is 717 g/mol. The molecule has 2 aliphatic carbocycles. The highest BCUT2D eigenvalue weighted by Crippen LogP contribution is 2.49. The molecule has 0 amide bonds. The standard InChI is InChI=1S/C34H32N6O8S2/c1-17-15-19(11-13-23(17)33(49(43,44)45)25-9-5-3-7-21(25)27(35)29(39-37)31(33)41)20-12-14-24(18(2)16-20)34(50(46,47)48)26-10-6-4-8-22(26)28(36)30(40-38)32(34)42/h3-16,31-32,35-36,41-42H,37-38H2,1-2H3,(H,43,44,45)(H,46,47,48)/b35-27?,36-28?,39-29-,40-30+. The van der Waals surface area contributed by atoms with Crippen LogP contribution in [0.4, 0.5) is 0 Å². The van der Waals surface area contributed by atoms with Gasteiger partial charge in [0.15, 0.2) is 9.49 Å². The first-order valence-electron chi connectivity index (χ1n) is 15.0. The lowest BCUT2D eigenvalue weighted by molar-refractivity contribution is 0.195. The normalized spacial score (nSPS) is 25.4. The lowest BCUT2D eigenvalue weighted by Gasteiger charge is -2.42. The fourth-order valence-electron chi connectivity index (χ4n) is 7.49. The zero-order chi connectivity index (χ0) is 36.6. The molecule has 6 rings (SSSR count). The van der Waals surface area contributed by atoms with Gasteiger partial charge in [0.05, 0.1) is 11.4 Å². The predicted molar refractivity (Wildman–Crippen MR) is 188 cm³/mol. The highest BCUT2D eigenvalue weighted by molar-refractivity contribution is 7.87. The summed E-state index contributed by atoms with van der Waals surface area (Å²) < 4.78 is 70.2. The predicted octanol–water partition coefficient (Wildman–Crippen LogP) is 2.35. The molecule has 0 bridgehead atoms. The van der Waals surface area contributed by atoms with Gasteiger partial charge in [-0.05, 0) is 58.4 Å². The van der Waals surface area contributed by atoms with E-state index in [9.17, 15) is 36.2 Å². The molecule has 0 aliphatic heterocycles. The molecule has 0 fully saturated rings. The molecule has 258 valence electrons. The van der Waals surface area contributed by atoms with Crippen LogP contribution in [0, 0.1) is 24.7 Å². The van der Waals surface area contributed by atoms with Gasteiger partial charge < -0.3 is 21.9 Å². The van der Waals surface area contributed by atoms with Crippen molar-refractivity contribution in [3.05, 3.63) is 129 Å². The maximum atomic E-state index is 13.4. The Kier molecular flexibility index (Phi) is 8.17. The summed E-state index contributed by atoms with van der Waals surface area (Å²) in [6, 6.07) is 21.0. The van der Waals surface area contributed by atoms with Crippen LogP contribution in [-0.2, 0) is 29.7 Å². The number of aliphatic hydroxyl groups excluding tert-OH is 2. The van der Waals surface area contributed by atoms with Crippen molar-refractivity contribution in [2.75, 3.05) is 0 Å². The molecule has 0 spiro atoms. The van der Waals surface area contributed by atoms with Gasteiger partial charge in [0.1, 0.15) is 23.6 Å². The number of nitrogens with two attached hydrogens (primary N) is 2. The number of aliphatic hydroxyl groups is 2. The second-order valence-electron chi connectivity index (χ2n) is 12.2. The SMILES string of the molecule is Cc1cc(-c2ccc(C3(S(=O)(=O)O)c4ccccc4C(=N)/C(=N\N)C3O)c(C)c2)ccc1C1(S(=O)(=O)O)c2ccccc2C(=N)/C(=N/N)C1O. The summed E-state index contributed by atoms with van der Waals surface area (Å²) in [7, 11) is -10.4. The highest BCUT2D eigenvalue weighted by Gasteiger charge is 2.61. The molecule has 50 heavy (non-hydrogen) atoms. The molecule has 4 unspecified atom stereocenters. The summed E-state index contributed by atoms with van der Waals surface area (Å²) in [5.74, 6) is 11.0. The number of nitrogens with zero attached hydrogens (tertiary/aromatic N) is 2. The Labute approximate surface area is 287 Å². The van der Waals surface area contributed by atoms with E-state index in [0.717, 1.165) is 0 Å².